The van der Waals surface area contributed by atoms with Crippen LogP contribution in [0.5, 0.6) is 0 Å². The lowest BCUT2D eigenvalue weighted by Crippen LogP contribution is -3.10. The molecule has 1 aliphatic heterocycles. The molecule has 1 heterocycles. The molecule has 0 fully saturated rings. The second kappa shape index (κ2) is 3.69. The van der Waals surface area contributed by atoms with Gasteiger partial charge in [-0.3, -0.25) is 0 Å². The van der Waals surface area contributed by atoms with Crippen molar-refractivity contribution >= 4 is 17.3 Å². The topological polar surface area (TPSA) is 39.9 Å². The zero-order valence-electron chi connectivity index (χ0n) is 7.83. The van der Waals surface area contributed by atoms with Crippen molar-refractivity contribution < 1.29 is 5.06 Å². The van der Waals surface area contributed by atoms with Gasteiger partial charge in [0.25, 0.3) is 0 Å². The van der Waals surface area contributed by atoms with Crippen molar-refractivity contribution in [2.45, 2.75) is 13.1 Å². The Morgan fingerprint density at radius 3 is 2.93 bits per heavy atom. The Morgan fingerprint density at radius 2 is 2.21 bits per heavy atom. The first-order valence-electron chi connectivity index (χ1n) is 4.48. The number of nitrogens with one attached hydrogen (secondary N) is 1. The van der Waals surface area contributed by atoms with Crippen LogP contribution in [0.2, 0.25) is 0 Å². The number of hydrogen-bond donors (Lipinski definition) is 1. The number of quaternary nitrogens is 1. The molecule has 1 aromatic rings. The summed E-state index contributed by atoms with van der Waals surface area (Å²) in [5, 5.41) is 13.5. The summed E-state index contributed by atoms with van der Waals surface area (Å²) in [7, 11) is 0. The summed E-state index contributed by atoms with van der Waals surface area (Å²) >= 11 is 5.68. The third-order valence-electron chi connectivity index (χ3n) is 2.42. The van der Waals surface area contributed by atoms with Gasteiger partial charge in [-0.05, 0) is 12.1 Å². The third kappa shape index (κ3) is 1.43. The number of rotatable bonds is 1. The van der Waals surface area contributed by atoms with Crippen molar-refractivity contribution in [1.82, 2.24) is 0 Å². The lowest BCUT2D eigenvalue weighted by atomic mass is 10.2. The van der Waals surface area contributed by atoms with E-state index in [1.807, 2.05) is 31.2 Å². The molecular weight excluding hydrogens is 200 g/mol. The van der Waals surface area contributed by atoms with Gasteiger partial charge < -0.3 is 10.3 Å². The van der Waals surface area contributed by atoms with Crippen molar-refractivity contribution in [1.29, 1.82) is 0 Å². The predicted molar refractivity (Wildman–Crippen MR) is 55.1 cm³/mol. The van der Waals surface area contributed by atoms with Crippen molar-refractivity contribution in [2.75, 3.05) is 5.88 Å². The van der Waals surface area contributed by atoms with E-state index in [1.54, 1.807) is 0 Å². The lowest BCUT2D eigenvalue weighted by Gasteiger charge is -2.29. The van der Waals surface area contributed by atoms with Crippen molar-refractivity contribution in [3.63, 3.8) is 0 Å². The number of nitrogens with zero attached hydrogens (tertiary/aromatic N) is 1. The van der Waals surface area contributed by atoms with E-state index >= 15 is 0 Å². The molecule has 0 bridgehead atoms. The molecule has 14 heavy (non-hydrogen) atoms. The van der Waals surface area contributed by atoms with Crippen molar-refractivity contribution in [3.05, 3.63) is 40.0 Å². The maximum absolute atomic E-state index is 11.7. The van der Waals surface area contributed by atoms with E-state index in [-0.39, 0.29) is 10.9 Å². The molecule has 74 valence electrons. The zero-order chi connectivity index (χ0) is 10.1. The minimum absolute atomic E-state index is 0.0405. The molecule has 0 saturated carbocycles. The monoisotopic (exact) mass is 210 g/mol. The normalized spacial score (nSPS) is 25.5. The number of alkyl halides is 1. The summed E-state index contributed by atoms with van der Waals surface area (Å²) in [6, 6.07) is 7.64. The van der Waals surface area contributed by atoms with Crippen molar-refractivity contribution in [2.24, 2.45) is 4.99 Å². The van der Waals surface area contributed by atoms with Gasteiger partial charge in [-0.2, -0.15) is 0 Å². The molecule has 0 radical (unpaired) electrons. The van der Waals surface area contributed by atoms with Crippen LogP contribution in [0.25, 0.3) is 5.70 Å². The minimum atomic E-state index is -0.397. The highest BCUT2D eigenvalue weighted by molar-refractivity contribution is 6.18. The Morgan fingerprint density at radius 1 is 1.50 bits per heavy atom. The van der Waals surface area contributed by atoms with E-state index in [1.165, 1.54) is 0 Å². The van der Waals surface area contributed by atoms with Crippen LogP contribution in [0.1, 0.15) is 6.92 Å². The molecule has 0 saturated heterocycles. The summed E-state index contributed by atoms with van der Waals surface area (Å²) in [5.41, 5.74) is 0.765. The van der Waals surface area contributed by atoms with E-state index in [4.69, 9.17) is 11.6 Å². The first-order chi connectivity index (χ1) is 6.74. The number of para-hydroxylation sites is 1. The molecule has 1 aliphatic rings. The summed E-state index contributed by atoms with van der Waals surface area (Å²) < 4.78 is 0. The van der Waals surface area contributed by atoms with E-state index in [2.05, 4.69) is 4.99 Å². The molecule has 1 N–H and O–H groups in total. The standard InChI is InChI=1S/C10H11ClN2O/c1-7-8-4-2-3-5-9(8)12-10(6-11)13(7)14/h2-5,10,13H,6H2,1H3. The second-order valence-electron chi connectivity index (χ2n) is 3.31. The van der Waals surface area contributed by atoms with Gasteiger partial charge in [-0.25, -0.2) is 4.99 Å². The Balaban J connectivity index is 2.70. The number of hydroxylamine groups is 2. The van der Waals surface area contributed by atoms with Gasteiger partial charge in [0.15, 0.2) is 6.17 Å². The summed E-state index contributed by atoms with van der Waals surface area (Å²) in [6.07, 6.45) is -0.397. The SMILES string of the molecule is CC1=c2ccccc2=NC(CCl)[NH+]1[O-]. The average molecular weight is 211 g/mol. The fourth-order valence-corrected chi connectivity index (χ4v) is 1.83. The highest BCUT2D eigenvalue weighted by atomic mass is 35.5. The highest BCUT2D eigenvalue weighted by Crippen LogP contribution is 1.91. The van der Waals surface area contributed by atoms with Gasteiger partial charge in [0.05, 0.1) is 16.5 Å². The highest BCUT2D eigenvalue weighted by Gasteiger charge is 2.18. The van der Waals surface area contributed by atoms with Crippen LogP contribution >= 0.6 is 11.6 Å². The van der Waals surface area contributed by atoms with Crippen LogP contribution in [0.15, 0.2) is 29.3 Å². The summed E-state index contributed by atoms with van der Waals surface area (Å²) in [6.45, 7) is 1.83. The number of hydrogen-bond acceptors (Lipinski definition) is 2. The molecule has 3 nitrogen and oxygen atoms in total. The fraction of sp³-hybridized carbons (Fsp3) is 0.300. The van der Waals surface area contributed by atoms with Crippen LogP contribution in [0.3, 0.4) is 0 Å². The average Bonchev–Trinajstić information content (AvgIpc) is 2.23. The molecule has 4 heteroatoms. The van der Waals surface area contributed by atoms with Gasteiger partial charge in [0, 0.05) is 6.92 Å². The van der Waals surface area contributed by atoms with E-state index in [0.29, 0.717) is 0 Å². The van der Waals surface area contributed by atoms with E-state index in [9.17, 15) is 5.21 Å². The Labute approximate surface area is 86.9 Å². The Bertz CT molecular complexity index is 457. The van der Waals surface area contributed by atoms with E-state index in [0.717, 1.165) is 16.3 Å². The van der Waals surface area contributed by atoms with Gasteiger partial charge in [-0.15, -0.1) is 11.6 Å². The molecule has 1 aromatic carbocycles. The smallest absolute Gasteiger partial charge is 0.199 e. The molecular formula is C10H11ClN2O. The maximum Gasteiger partial charge on any atom is 0.199 e. The predicted octanol–water partition coefficient (Wildman–Crippen LogP) is -0.605. The molecule has 0 aliphatic carbocycles. The first kappa shape index (κ1) is 9.65. The first-order valence-corrected chi connectivity index (χ1v) is 5.01. The molecule has 0 aromatic heterocycles. The van der Waals surface area contributed by atoms with Gasteiger partial charge in [0.2, 0.25) is 0 Å². The number of benzene rings is 1. The second-order valence-corrected chi connectivity index (χ2v) is 3.61. The molecule has 0 amide bonds. The van der Waals surface area contributed by atoms with Crippen LogP contribution in [0.4, 0.5) is 0 Å². The quantitative estimate of drug-likeness (QED) is 0.488. The third-order valence-corrected chi connectivity index (χ3v) is 2.71. The Hall–Kier alpha value is -0.900. The molecule has 0 spiro atoms. The minimum Gasteiger partial charge on any atom is -0.627 e. The molecule has 2 unspecified atom stereocenters. The fourth-order valence-electron chi connectivity index (χ4n) is 1.62. The van der Waals surface area contributed by atoms with Gasteiger partial charge in [0.1, 0.15) is 5.70 Å². The van der Waals surface area contributed by atoms with Gasteiger partial charge >= 0.3 is 0 Å². The maximum atomic E-state index is 11.7. The lowest BCUT2D eigenvalue weighted by molar-refractivity contribution is -0.799. The van der Waals surface area contributed by atoms with Crippen LogP contribution in [0, 0.1) is 5.21 Å². The van der Waals surface area contributed by atoms with Gasteiger partial charge in [-0.1, -0.05) is 12.1 Å². The largest absolute Gasteiger partial charge is 0.627 e. The van der Waals surface area contributed by atoms with Crippen LogP contribution < -0.4 is 15.6 Å². The molecule has 2 rings (SSSR count). The van der Waals surface area contributed by atoms with Crippen molar-refractivity contribution in [3.8, 4) is 0 Å². The Kier molecular flexibility index (Phi) is 2.54. The van der Waals surface area contributed by atoms with Crippen LogP contribution in [-0.4, -0.2) is 12.0 Å². The zero-order valence-corrected chi connectivity index (χ0v) is 8.58. The van der Waals surface area contributed by atoms with Crippen LogP contribution in [-0.2, 0) is 0 Å². The summed E-state index contributed by atoms with van der Waals surface area (Å²) in [4.78, 5) is 4.29. The number of halogens is 1. The summed E-state index contributed by atoms with van der Waals surface area (Å²) in [5.74, 6) is 0.254. The number of fused-ring (bicyclic) bond motifs is 1. The molecule has 2 atom stereocenters. The van der Waals surface area contributed by atoms with E-state index < -0.39 is 6.17 Å².